The van der Waals surface area contributed by atoms with Gasteiger partial charge < -0.3 is 4.74 Å². The minimum atomic E-state index is -0.941. The molecule has 1 heterocycles. The number of hydrogen-bond acceptors (Lipinski definition) is 4. The van der Waals surface area contributed by atoms with Crippen LogP contribution in [-0.2, 0) is 9.53 Å². The molecule has 1 fully saturated rings. The molecule has 0 bridgehead atoms. The fourth-order valence-corrected chi connectivity index (χ4v) is 2.84. The molecule has 0 aromatic heterocycles. The third-order valence-electron chi connectivity index (χ3n) is 4.17. The Morgan fingerprint density at radius 2 is 2.23 bits per heavy atom. The number of piperidine rings is 1. The van der Waals surface area contributed by atoms with Crippen LogP contribution in [-0.4, -0.2) is 36.4 Å². The lowest BCUT2D eigenvalue weighted by Gasteiger charge is -2.42. The highest BCUT2D eigenvalue weighted by Crippen LogP contribution is 2.32. The Bertz CT molecular complexity index is 577. The summed E-state index contributed by atoms with van der Waals surface area (Å²) in [6, 6.07) is 3.92. The summed E-state index contributed by atoms with van der Waals surface area (Å²) in [6.45, 7) is 2.48. The lowest BCUT2D eigenvalue weighted by Crippen LogP contribution is -2.55. The van der Waals surface area contributed by atoms with E-state index in [1.54, 1.807) is 5.01 Å². The van der Waals surface area contributed by atoms with E-state index in [0.717, 1.165) is 18.9 Å². The van der Waals surface area contributed by atoms with Crippen molar-refractivity contribution in [2.24, 2.45) is 5.10 Å². The van der Waals surface area contributed by atoms with Crippen LogP contribution >= 0.6 is 0 Å². The van der Waals surface area contributed by atoms with Crippen molar-refractivity contribution in [1.29, 1.82) is 0 Å². The molecule has 0 spiro atoms. The molecule has 1 saturated heterocycles. The van der Waals surface area contributed by atoms with Gasteiger partial charge in [-0.15, -0.1) is 0 Å². The summed E-state index contributed by atoms with van der Waals surface area (Å²) in [7, 11) is 1.35. The van der Waals surface area contributed by atoms with Crippen molar-refractivity contribution < 1.29 is 18.3 Å². The first-order valence-corrected chi connectivity index (χ1v) is 7.39. The van der Waals surface area contributed by atoms with Gasteiger partial charge in [0, 0.05) is 12.1 Å². The van der Waals surface area contributed by atoms with E-state index in [4.69, 9.17) is 4.74 Å². The summed E-state index contributed by atoms with van der Waals surface area (Å²) in [6.07, 6.45) is 4.24. The quantitative estimate of drug-likeness (QED) is 0.634. The molecule has 1 atom stereocenters. The molecular weight excluding hydrogens is 290 g/mol. The number of hydrogen-bond donors (Lipinski definition) is 0. The molecule has 1 aliphatic heterocycles. The maximum absolute atomic E-state index is 13.7. The monoisotopic (exact) mass is 310 g/mol. The molecule has 1 unspecified atom stereocenters. The average Bonchev–Trinajstić information content (AvgIpc) is 2.55. The van der Waals surface area contributed by atoms with Gasteiger partial charge in [0.15, 0.2) is 17.2 Å². The number of rotatable bonds is 4. The third kappa shape index (κ3) is 2.96. The summed E-state index contributed by atoms with van der Waals surface area (Å²) in [5, 5.41) is 5.90. The minimum Gasteiger partial charge on any atom is -0.467 e. The first kappa shape index (κ1) is 16.4. The molecule has 4 nitrogen and oxygen atoms in total. The molecule has 6 heteroatoms. The van der Waals surface area contributed by atoms with E-state index in [-0.39, 0.29) is 11.5 Å². The molecule has 0 aliphatic carbocycles. The average molecular weight is 310 g/mol. The van der Waals surface area contributed by atoms with Gasteiger partial charge in [0.1, 0.15) is 0 Å². The van der Waals surface area contributed by atoms with Gasteiger partial charge >= 0.3 is 5.97 Å². The Kier molecular flexibility index (Phi) is 5.11. The zero-order chi connectivity index (χ0) is 16.2. The van der Waals surface area contributed by atoms with Crippen LogP contribution in [0.15, 0.2) is 23.3 Å². The van der Waals surface area contributed by atoms with Crippen molar-refractivity contribution in [3.63, 3.8) is 0 Å². The predicted octanol–water partition coefficient (Wildman–Crippen LogP) is 3.11. The fraction of sp³-hybridized carbons (Fsp3) is 0.500. The number of hydrazone groups is 1. The second-order valence-electron chi connectivity index (χ2n) is 5.34. The topological polar surface area (TPSA) is 41.9 Å². The SMILES string of the molecule is CCC1(C(=O)OC)CCCCN1N=Cc1cccc(F)c1F. The summed E-state index contributed by atoms with van der Waals surface area (Å²) in [5.74, 6) is -2.20. The van der Waals surface area contributed by atoms with Gasteiger partial charge in [-0.05, 0) is 31.7 Å². The lowest BCUT2D eigenvalue weighted by molar-refractivity contribution is -0.158. The molecule has 1 aromatic rings. The first-order chi connectivity index (χ1) is 10.5. The van der Waals surface area contributed by atoms with E-state index >= 15 is 0 Å². The highest BCUT2D eigenvalue weighted by atomic mass is 19.2. The molecule has 0 saturated carbocycles. The molecule has 0 N–H and O–H groups in total. The Morgan fingerprint density at radius 1 is 1.45 bits per heavy atom. The van der Waals surface area contributed by atoms with Crippen LogP contribution in [0.25, 0.3) is 0 Å². The Hall–Kier alpha value is -1.98. The van der Waals surface area contributed by atoms with Crippen molar-refractivity contribution in [2.45, 2.75) is 38.1 Å². The normalized spacial score (nSPS) is 22.1. The van der Waals surface area contributed by atoms with Crippen LogP contribution in [0.2, 0.25) is 0 Å². The number of ether oxygens (including phenoxy) is 1. The number of carbonyl (C=O) groups is 1. The maximum atomic E-state index is 13.7. The van der Waals surface area contributed by atoms with E-state index in [9.17, 15) is 13.6 Å². The van der Waals surface area contributed by atoms with Crippen LogP contribution in [0.1, 0.15) is 38.2 Å². The zero-order valence-corrected chi connectivity index (χ0v) is 12.8. The van der Waals surface area contributed by atoms with E-state index in [1.807, 2.05) is 6.92 Å². The number of benzene rings is 1. The minimum absolute atomic E-state index is 0.0560. The maximum Gasteiger partial charge on any atom is 0.333 e. The summed E-state index contributed by atoms with van der Waals surface area (Å²) in [4.78, 5) is 12.2. The molecule has 2 rings (SSSR count). The number of nitrogens with zero attached hydrogens (tertiary/aromatic N) is 2. The van der Waals surface area contributed by atoms with E-state index < -0.39 is 17.2 Å². The van der Waals surface area contributed by atoms with Gasteiger partial charge in [-0.2, -0.15) is 5.10 Å². The van der Waals surface area contributed by atoms with Crippen molar-refractivity contribution in [2.75, 3.05) is 13.7 Å². The van der Waals surface area contributed by atoms with Crippen LogP contribution in [0.4, 0.5) is 8.78 Å². The van der Waals surface area contributed by atoms with Crippen LogP contribution < -0.4 is 0 Å². The highest BCUT2D eigenvalue weighted by molar-refractivity contribution is 5.82. The molecular formula is C16H20F2N2O2. The van der Waals surface area contributed by atoms with Gasteiger partial charge in [0.05, 0.1) is 13.3 Å². The zero-order valence-electron chi connectivity index (χ0n) is 12.8. The number of halogens is 2. The van der Waals surface area contributed by atoms with Crippen molar-refractivity contribution in [3.8, 4) is 0 Å². The van der Waals surface area contributed by atoms with Gasteiger partial charge in [0.2, 0.25) is 0 Å². The van der Waals surface area contributed by atoms with E-state index in [2.05, 4.69) is 5.10 Å². The van der Waals surface area contributed by atoms with Crippen LogP contribution in [0.3, 0.4) is 0 Å². The largest absolute Gasteiger partial charge is 0.467 e. The molecule has 0 radical (unpaired) electrons. The van der Waals surface area contributed by atoms with Crippen molar-refractivity contribution in [3.05, 3.63) is 35.4 Å². The Balaban J connectivity index is 2.30. The third-order valence-corrected chi connectivity index (χ3v) is 4.17. The standard InChI is InChI=1S/C16H20F2N2O2/c1-3-16(15(21)22-2)9-4-5-10-20(16)19-11-12-7-6-8-13(17)14(12)18/h6-8,11H,3-5,9-10H2,1-2H3. The molecule has 1 aliphatic rings. The highest BCUT2D eigenvalue weighted by Gasteiger charge is 2.45. The first-order valence-electron chi connectivity index (χ1n) is 7.39. The van der Waals surface area contributed by atoms with Crippen LogP contribution in [0, 0.1) is 11.6 Å². The Morgan fingerprint density at radius 3 is 2.91 bits per heavy atom. The predicted molar refractivity (Wildman–Crippen MR) is 79.5 cm³/mol. The summed E-state index contributed by atoms with van der Waals surface area (Å²) < 4.78 is 31.8. The van der Waals surface area contributed by atoms with Crippen molar-refractivity contribution >= 4 is 12.2 Å². The van der Waals surface area contributed by atoms with Gasteiger partial charge in [-0.25, -0.2) is 13.6 Å². The molecule has 120 valence electrons. The summed E-state index contributed by atoms with van der Waals surface area (Å²) >= 11 is 0. The smallest absolute Gasteiger partial charge is 0.333 e. The second kappa shape index (κ2) is 6.85. The second-order valence-corrected chi connectivity index (χ2v) is 5.34. The van der Waals surface area contributed by atoms with E-state index in [0.29, 0.717) is 19.4 Å². The summed E-state index contributed by atoms with van der Waals surface area (Å²) in [5.41, 5.74) is -0.770. The fourth-order valence-electron chi connectivity index (χ4n) is 2.84. The molecule has 0 amide bonds. The van der Waals surface area contributed by atoms with Gasteiger partial charge in [0.25, 0.3) is 0 Å². The molecule has 22 heavy (non-hydrogen) atoms. The number of methoxy groups -OCH3 is 1. The van der Waals surface area contributed by atoms with Gasteiger partial charge in [-0.1, -0.05) is 19.1 Å². The lowest BCUT2D eigenvalue weighted by atomic mass is 9.85. The Labute approximate surface area is 128 Å². The number of esters is 1. The van der Waals surface area contributed by atoms with Gasteiger partial charge in [-0.3, -0.25) is 5.01 Å². The number of carbonyl (C=O) groups excluding carboxylic acids is 1. The molecule has 1 aromatic carbocycles. The van der Waals surface area contributed by atoms with E-state index in [1.165, 1.54) is 25.5 Å². The van der Waals surface area contributed by atoms with Crippen LogP contribution in [0.5, 0.6) is 0 Å². The van der Waals surface area contributed by atoms with Crippen molar-refractivity contribution in [1.82, 2.24) is 5.01 Å².